The van der Waals surface area contributed by atoms with Gasteiger partial charge in [-0.05, 0) is 0 Å². The van der Waals surface area contributed by atoms with E-state index < -0.39 is 22.9 Å². The molecule has 0 nitrogen and oxygen atoms in total. The summed E-state index contributed by atoms with van der Waals surface area (Å²) in [7, 11) is 0. The zero-order valence-corrected chi connectivity index (χ0v) is 13.7. The third kappa shape index (κ3) is 6.34. The summed E-state index contributed by atoms with van der Waals surface area (Å²) in [6, 6.07) is 0. The van der Waals surface area contributed by atoms with Gasteiger partial charge >= 0.3 is 78.9 Å². The minimum atomic E-state index is -0.526. The van der Waals surface area contributed by atoms with Crippen LogP contribution < -0.4 is 24.8 Å². The van der Waals surface area contributed by atoms with Crippen molar-refractivity contribution in [3.8, 4) is 0 Å². The van der Waals surface area contributed by atoms with Gasteiger partial charge in [-0.1, -0.05) is 0 Å². The molecule has 0 aromatic heterocycles. The van der Waals surface area contributed by atoms with Crippen LogP contribution in [0.25, 0.3) is 0 Å². The number of hydrogen-bond donors (Lipinski definition) is 0. The van der Waals surface area contributed by atoms with E-state index in [9.17, 15) is 0 Å². The van der Waals surface area contributed by atoms with Gasteiger partial charge in [0.2, 0.25) is 0 Å². The zero-order chi connectivity index (χ0) is 9.52. The largest absolute Gasteiger partial charge is 1.00 e. The summed E-state index contributed by atoms with van der Waals surface area (Å²) >= 11 is -0.526. The van der Waals surface area contributed by atoms with E-state index in [-0.39, 0.29) is 24.8 Å². The summed E-state index contributed by atoms with van der Waals surface area (Å²) in [5.41, 5.74) is 0. The van der Waals surface area contributed by atoms with Gasteiger partial charge in [-0.3, -0.25) is 0 Å². The van der Waals surface area contributed by atoms with Crippen molar-refractivity contribution >= 4 is 0 Å². The van der Waals surface area contributed by atoms with Gasteiger partial charge in [0.25, 0.3) is 0 Å². The molecule has 2 rings (SSSR count). The smallest absolute Gasteiger partial charge is 0.106 e. The fourth-order valence-corrected chi connectivity index (χ4v) is 5.64. The summed E-state index contributed by atoms with van der Waals surface area (Å²) in [6.07, 6.45) is 16.1. The van der Waals surface area contributed by atoms with E-state index in [0.717, 1.165) is 0 Å². The maximum atomic E-state index is 3.00. The van der Waals surface area contributed by atoms with Gasteiger partial charge in [-0.2, -0.15) is 0 Å². The third-order valence-electron chi connectivity index (χ3n) is 1.86. The van der Waals surface area contributed by atoms with Crippen molar-refractivity contribution in [3.05, 3.63) is 56.3 Å². The van der Waals surface area contributed by atoms with E-state index in [4.69, 9.17) is 0 Å². The van der Waals surface area contributed by atoms with Crippen molar-refractivity contribution in [2.45, 2.75) is 12.8 Å². The van der Waals surface area contributed by atoms with Crippen molar-refractivity contribution in [1.82, 2.24) is 0 Å². The van der Waals surface area contributed by atoms with Crippen LogP contribution in [-0.2, 0) is 22.9 Å². The van der Waals surface area contributed by atoms with Gasteiger partial charge < -0.3 is 24.8 Å². The molecule has 0 aliphatic heterocycles. The van der Waals surface area contributed by atoms with E-state index in [0.29, 0.717) is 0 Å². The molecule has 2 aliphatic carbocycles. The Hall–Kier alpha value is 0.150. The molecular formula is C12H14Cl2Hf. The number of allylic oxidation sites excluding steroid dienone is 8. The number of halogens is 2. The molecule has 3 heteroatoms. The molecule has 0 saturated heterocycles. The summed E-state index contributed by atoms with van der Waals surface area (Å²) < 4.78 is 3.50. The molecular weight excluding hydrogens is 394 g/mol. The maximum Gasteiger partial charge on any atom is -0.106 e. The van der Waals surface area contributed by atoms with Crippen LogP contribution in [0.3, 0.4) is 0 Å². The molecule has 0 aromatic rings. The predicted octanol–water partition coefficient (Wildman–Crippen LogP) is -2.43. The molecule has 80 valence electrons. The molecule has 0 saturated carbocycles. The fraction of sp³-hybridized carbons (Fsp3) is 0.167. The Bertz CT molecular complexity index is 260. The number of rotatable bonds is 2. The third-order valence-corrected chi connectivity index (χ3v) is 6.84. The van der Waals surface area contributed by atoms with E-state index in [1.165, 1.54) is 12.8 Å². The average Bonchev–Trinajstić information content (AvgIpc) is 2.81. The topological polar surface area (TPSA) is 0 Å². The van der Waals surface area contributed by atoms with Gasteiger partial charge in [0.15, 0.2) is 0 Å². The van der Waals surface area contributed by atoms with Crippen LogP contribution in [0, 0.1) is 0 Å². The first-order valence-electron chi connectivity index (χ1n) is 4.43. The minimum absolute atomic E-state index is 0. The van der Waals surface area contributed by atoms with Crippen LogP contribution in [0.1, 0.15) is 12.8 Å². The van der Waals surface area contributed by atoms with Gasteiger partial charge in [-0.15, -0.1) is 13.2 Å². The molecule has 0 atom stereocenters. The molecule has 0 heterocycles. The van der Waals surface area contributed by atoms with E-state index in [1.54, 1.807) is 6.66 Å². The molecule has 0 unspecified atom stereocenters. The molecule has 0 N–H and O–H groups in total. The first-order valence-corrected chi connectivity index (χ1v) is 8.03. The quantitative estimate of drug-likeness (QED) is 0.353. The van der Waals surface area contributed by atoms with Crippen LogP contribution in [-0.4, -0.2) is 0 Å². The molecule has 0 amide bonds. The average molecular weight is 408 g/mol. The van der Waals surface area contributed by atoms with Crippen molar-refractivity contribution in [1.29, 1.82) is 0 Å². The van der Waals surface area contributed by atoms with Crippen molar-refractivity contribution in [2.75, 3.05) is 0 Å². The summed E-state index contributed by atoms with van der Waals surface area (Å²) in [6.45, 7) is 6.00. The normalized spacial score (nSPS) is 14.9. The Balaban J connectivity index is 0. The van der Waals surface area contributed by atoms with Gasteiger partial charge in [-0.25, -0.2) is 0 Å². The van der Waals surface area contributed by atoms with Crippen LogP contribution in [0.2, 0.25) is 0 Å². The molecule has 0 radical (unpaired) electrons. The summed E-state index contributed by atoms with van der Waals surface area (Å²) in [4.78, 5) is 0. The second-order valence-corrected chi connectivity index (χ2v) is 8.29. The molecule has 0 aromatic carbocycles. The van der Waals surface area contributed by atoms with Gasteiger partial charge in [0, 0.05) is 0 Å². The van der Waals surface area contributed by atoms with Crippen LogP contribution in [0.15, 0.2) is 56.3 Å². The first-order chi connectivity index (χ1) is 6.45. The van der Waals surface area contributed by atoms with Crippen LogP contribution >= 0.6 is 0 Å². The van der Waals surface area contributed by atoms with Crippen molar-refractivity contribution in [2.24, 2.45) is 0 Å². The Morgan fingerprint density at radius 2 is 1.27 bits per heavy atom. The zero-order valence-electron chi connectivity index (χ0n) is 8.55. The minimum Gasteiger partial charge on any atom is -1.00 e. The predicted molar refractivity (Wildman–Crippen MR) is 54.9 cm³/mol. The second kappa shape index (κ2) is 10.7. The molecule has 0 fully saturated rings. The molecule has 2 aliphatic rings. The van der Waals surface area contributed by atoms with E-state index in [1.807, 2.05) is 0 Å². The van der Waals surface area contributed by atoms with Crippen molar-refractivity contribution < 1.29 is 47.7 Å². The SMILES string of the molecule is C1=CC[C]([Hf+2][C]2=CC=CC2)=C1.C=C.[Cl-].[Cl-]. The molecule has 15 heavy (non-hydrogen) atoms. The Kier molecular flexibility index (Phi) is 12.5. The second-order valence-electron chi connectivity index (χ2n) is 2.77. The molecule has 0 spiro atoms. The van der Waals surface area contributed by atoms with Crippen LogP contribution in [0.5, 0.6) is 0 Å². The van der Waals surface area contributed by atoms with E-state index >= 15 is 0 Å². The summed E-state index contributed by atoms with van der Waals surface area (Å²) in [5, 5.41) is 0. The van der Waals surface area contributed by atoms with E-state index in [2.05, 4.69) is 49.6 Å². The molecule has 0 bridgehead atoms. The summed E-state index contributed by atoms with van der Waals surface area (Å²) in [5.74, 6) is 0. The van der Waals surface area contributed by atoms with Crippen LogP contribution in [0.4, 0.5) is 0 Å². The van der Waals surface area contributed by atoms with Gasteiger partial charge in [0.1, 0.15) is 0 Å². The maximum absolute atomic E-state index is 3.00. The van der Waals surface area contributed by atoms with Crippen molar-refractivity contribution in [3.63, 3.8) is 0 Å². The fourth-order valence-electron chi connectivity index (χ4n) is 1.29. The Labute approximate surface area is 116 Å². The standard InChI is InChI=1S/2C5H5.C2H4.2ClH.Hf/c2*1-2-4-5-3-1;1-2;;;/h2*1-3H,4H2;1-2H2;2*1H;/q;;;;;+2/p-2. The van der Waals surface area contributed by atoms with Gasteiger partial charge in [0.05, 0.1) is 0 Å². The Morgan fingerprint density at radius 3 is 1.53 bits per heavy atom. The first kappa shape index (κ1) is 17.5. The monoisotopic (exact) mass is 408 g/mol. The number of hydrogen-bond acceptors (Lipinski definition) is 0. The Morgan fingerprint density at radius 1 is 0.867 bits per heavy atom.